The van der Waals surface area contributed by atoms with Gasteiger partial charge in [0.1, 0.15) is 0 Å². The van der Waals surface area contributed by atoms with Crippen molar-refractivity contribution in [2.75, 3.05) is 13.2 Å². The van der Waals surface area contributed by atoms with E-state index in [0.717, 1.165) is 4.90 Å². The standard InChI is InChI=1S/C13H17NO3S/c1-2-17-13(16)14-10-6-9-12(15)18-11-7-4-3-5-8-11/h3-5,7-8H,2,6,9-10H2,1H3,(H,14,16). The Morgan fingerprint density at radius 2 is 2.00 bits per heavy atom. The number of thioether (sulfide) groups is 1. The fourth-order valence-electron chi connectivity index (χ4n) is 1.28. The molecule has 4 nitrogen and oxygen atoms in total. The Labute approximate surface area is 111 Å². The van der Waals surface area contributed by atoms with E-state index < -0.39 is 6.09 Å². The molecule has 0 fully saturated rings. The Kier molecular flexibility index (Phi) is 6.94. The van der Waals surface area contributed by atoms with Gasteiger partial charge in [0, 0.05) is 17.9 Å². The van der Waals surface area contributed by atoms with Crippen LogP contribution in [0.3, 0.4) is 0 Å². The van der Waals surface area contributed by atoms with Crippen LogP contribution in [0.25, 0.3) is 0 Å². The van der Waals surface area contributed by atoms with E-state index in [2.05, 4.69) is 5.32 Å². The summed E-state index contributed by atoms with van der Waals surface area (Å²) in [5, 5.41) is 2.68. The highest BCUT2D eigenvalue weighted by Gasteiger charge is 2.05. The lowest BCUT2D eigenvalue weighted by Gasteiger charge is -2.04. The Morgan fingerprint density at radius 3 is 2.67 bits per heavy atom. The lowest BCUT2D eigenvalue weighted by Crippen LogP contribution is -2.25. The van der Waals surface area contributed by atoms with Crippen molar-refractivity contribution in [1.82, 2.24) is 5.32 Å². The molecule has 0 spiro atoms. The van der Waals surface area contributed by atoms with E-state index in [-0.39, 0.29) is 5.12 Å². The number of alkyl carbamates (subject to hydrolysis) is 1. The van der Waals surface area contributed by atoms with Gasteiger partial charge in [0.05, 0.1) is 6.61 Å². The third kappa shape index (κ3) is 6.30. The van der Waals surface area contributed by atoms with Crippen molar-refractivity contribution in [2.24, 2.45) is 0 Å². The summed E-state index contributed by atoms with van der Waals surface area (Å²) >= 11 is 1.23. The van der Waals surface area contributed by atoms with E-state index in [1.807, 2.05) is 30.3 Å². The van der Waals surface area contributed by atoms with Crippen LogP contribution in [0.5, 0.6) is 0 Å². The Hall–Kier alpha value is -1.49. The van der Waals surface area contributed by atoms with E-state index in [1.54, 1.807) is 6.92 Å². The molecule has 5 heteroatoms. The van der Waals surface area contributed by atoms with Gasteiger partial charge in [-0.15, -0.1) is 0 Å². The van der Waals surface area contributed by atoms with Crippen LogP contribution in [-0.2, 0) is 9.53 Å². The van der Waals surface area contributed by atoms with Crippen LogP contribution in [0.15, 0.2) is 35.2 Å². The molecule has 0 saturated carbocycles. The van der Waals surface area contributed by atoms with Crippen molar-refractivity contribution in [3.8, 4) is 0 Å². The molecule has 0 saturated heterocycles. The van der Waals surface area contributed by atoms with Gasteiger partial charge in [-0.05, 0) is 25.5 Å². The third-order valence-electron chi connectivity index (χ3n) is 2.08. The first-order chi connectivity index (χ1) is 8.72. The number of rotatable bonds is 6. The summed E-state index contributed by atoms with van der Waals surface area (Å²) in [6.45, 7) is 2.56. The zero-order valence-electron chi connectivity index (χ0n) is 10.3. The van der Waals surface area contributed by atoms with Gasteiger partial charge in [-0.3, -0.25) is 4.79 Å². The fourth-order valence-corrected chi connectivity index (χ4v) is 2.08. The first-order valence-electron chi connectivity index (χ1n) is 5.88. The quantitative estimate of drug-likeness (QED) is 0.636. The molecule has 0 radical (unpaired) electrons. The smallest absolute Gasteiger partial charge is 0.407 e. The van der Waals surface area contributed by atoms with Crippen LogP contribution < -0.4 is 5.32 Å². The predicted octanol–water partition coefficient (Wildman–Crippen LogP) is 2.83. The van der Waals surface area contributed by atoms with E-state index in [9.17, 15) is 9.59 Å². The van der Waals surface area contributed by atoms with Crippen LogP contribution >= 0.6 is 11.8 Å². The number of carbonyl (C=O) groups is 2. The molecule has 1 rings (SSSR count). The number of hydrogen-bond donors (Lipinski definition) is 1. The van der Waals surface area contributed by atoms with Gasteiger partial charge in [-0.1, -0.05) is 30.0 Å². The van der Waals surface area contributed by atoms with Gasteiger partial charge in [0.15, 0.2) is 5.12 Å². The number of hydrogen-bond acceptors (Lipinski definition) is 4. The summed E-state index contributed by atoms with van der Waals surface area (Å²) in [6, 6.07) is 9.52. The molecule has 1 amide bonds. The molecule has 0 aromatic heterocycles. The lowest BCUT2D eigenvalue weighted by atomic mass is 10.3. The maximum absolute atomic E-state index is 11.6. The first-order valence-corrected chi connectivity index (χ1v) is 6.70. The van der Waals surface area contributed by atoms with E-state index in [0.29, 0.717) is 26.0 Å². The van der Waals surface area contributed by atoms with Gasteiger partial charge in [0.2, 0.25) is 0 Å². The molecular formula is C13H17NO3S. The average Bonchev–Trinajstić information content (AvgIpc) is 2.36. The second kappa shape index (κ2) is 8.58. The monoisotopic (exact) mass is 267 g/mol. The van der Waals surface area contributed by atoms with Crippen molar-refractivity contribution < 1.29 is 14.3 Å². The molecule has 1 aromatic carbocycles. The lowest BCUT2D eigenvalue weighted by molar-refractivity contribution is -0.111. The first kappa shape index (κ1) is 14.6. The van der Waals surface area contributed by atoms with Crippen LogP contribution in [0.1, 0.15) is 19.8 Å². The predicted molar refractivity (Wildman–Crippen MR) is 71.6 cm³/mol. The zero-order valence-corrected chi connectivity index (χ0v) is 11.2. The second-order valence-corrected chi connectivity index (χ2v) is 4.67. The molecular weight excluding hydrogens is 250 g/mol. The van der Waals surface area contributed by atoms with Crippen molar-refractivity contribution in [3.05, 3.63) is 30.3 Å². The number of amides is 1. The highest BCUT2D eigenvalue weighted by atomic mass is 32.2. The minimum absolute atomic E-state index is 0.104. The van der Waals surface area contributed by atoms with E-state index in [4.69, 9.17) is 4.74 Å². The van der Waals surface area contributed by atoms with Crippen molar-refractivity contribution in [2.45, 2.75) is 24.7 Å². The topological polar surface area (TPSA) is 55.4 Å². The molecule has 0 atom stereocenters. The van der Waals surface area contributed by atoms with E-state index in [1.165, 1.54) is 11.8 Å². The van der Waals surface area contributed by atoms with Crippen molar-refractivity contribution in [1.29, 1.82) is 0 Å². The van der Waals surface area contributed by atoms with Crippen LogP contribution in [0.4, 0.5) is 4.79 Å². The molecule has 0 aliphatic rings. The molecule has 1 N–H and O–H groups in total. The SMILES string of the molecule is CCOC(=O)NCCCC(=O)Sc1ccccc1. The number of carbonyl (C=O) groups excluding carboxylic acids is 2. The second-order valence-electron chi connectivity index (χ2n) is 3.54. The summed E-state index contributed by atoms with van der Waals surface area (Å²) in [7, 11) is 0. The summed E-state index contributed by atoms with van der Waals surface area (Å²) in [4.78, 5) is 23.5. The molecule has 0 heterocycles. The zero-order chi connectivity index (χ0) is 13.2. The molecule has 0 aliphatic carbocycles. The molecule has 18 heavy (non-hydrogen) atoms. The maximum Gasteiger partial charge on any atom is 0.407 e. The normalized spacial score (nSPS) is 9.83. The van der Waals surface area contributed by atoms with Crippen LogP contribution in [0.2, 0.25) is 0 Å². The Balaban J connectivity index is 2.12. The fraction of sp³-hybridized carbons (Fsp3) is 0.385. The Bertz CT molecular complexity index is 381. The number of benzene rings is 1. The molecule has 0 aliphatic heterocycles. The van der Waals surface area contributed by atoms with Crippen LogP contribution in [0, 0.1) is 0 Å². The van der Waals surface area contributed by atoms with E-state index >= 15 is 0 Å². The molecule has 98 valence electrons. The van der Waals surface area contributed by atoms with Crippen molar-refractivity contribution >= 4 is 23.0 Å². The summed E-state index contributed by atoms with van der Waals surface area (Å²) in [5.74, 6) is 0. The minimum Gasteiger partial charge on any atom is -0.450 e. The van der Waals surface area contributed by atoms with Gasteiger partial charge >= 0.3 is 6.09 Å². The number of nitrogens with one attached hydrogen (secondary N) is 1. The largest absolute Gasteiger partial charge is 0.450 e. The third-order valence-corrected chi connectivity index (χ3v) is 3.02. The minimum atomic E-state index is -0.430. The van der Waals surface area contributed by atoms with Gasteiger partial charge in [-0.25, -0.2) is 4.79 Å². The molecule has 0 unspecified atom stereocenters. The average molecular weight is 267 g/mol. The highest BCUT2D eigenvalue weighted by molar-refractivity contribution is 8.13. The van der Waals surface area contributed by atoms with Gasteiger partial charge in [0.25, 0.3) is 0 Å². The van der Waals surface area contributed by atoms with Gasteiger partial charge < -0.3 is 10.1 Å². The molecule has 0 bridgehead atoms. The summed E-state index contributed by atoms with van der Waals surface area (Å²) in [5.41, 5.74) is 0. The molecule has 1 aromatic rings. The Morgan fingerprint density at radius 1 is 1.28 bits per heavy atom. The van der Waals surface area contributed by atoms with Gasteiger partial charge in [-0.2, -0.15) is 0 Å². The summed E-state index contributed by atoms with van der Waals surface area (Å²) in [6.07, 6.45) is 0.629. The number of ether oxygens (including phenoxy) is 1. The maximum atomic E-state index is 11.6. The van der Waals surface area contributed by atoms with Crippen LogP contribution in [-0.4, -0.2) is 24.4 Å². The highest BCUT2D eigenvalue weighted by Crippen LogP contribution is 2.19. The summed E-state index contributed by atoms with van der Waals surface area (Å²) < 4.78 is 4.70. The van der Waals surface area contributed by atoms with Crippen molar-refractivity contribution in [3.63, 3.8) is 0 Å².